The number of benzene rings is 1. The first-order chi connectivity index (χ1) is 12.2. The summed E-state index contributed by atoms with van der Waals surface area (Å²) in [7, 11) is 1.86. The number of pyridine rings is 1. The summed E-state index contributed by atoms with van der Waals surface area (Å²) in [6.07, 6.45) is 9.92. The summed E-state index contributed by atoms with van der Waals surface area (Å²) >= 11 is 0. The Hall–Kier alpha value is -2.56. The molecule has 0 N–H and O–H groups in total. The lowest BCUT2D eigenvalue weighted by molar-refractivity contribution is -0.123. The Balaban J connectivity index is 1.59. The zero-order valence-corrected chi connectivity index (χ0v) is 14.5. The number of fused-ring (bicyclic) bond motifs is 1. The highest BCUT2D eigenvalue weighted by atomic mass is 16.1. The number of ketones is 1. The number of rotatable bonds is 4. The van der Waals surface area contributed by atoms with Crippen molar-refractivity contribution in [3.8, 4) is 11.3 Å². The topological polar surface area (TPSA) is 60.7 Å². The molecule has 5 nitrogen and oxygen atoms in total. The number of carbonyl (C=O) groups is 1. The van der Waals surface area contributed by atoms with Crippen molar-refractivity contribution in [2.24, 2.45) is 13.0 Å². The van der Waals surface area contributed by atoms with Crippen LogP contribution in [0.3, 0.4) is 0 Å². The summed E-state index contributed by atoms with van der Waals surface area (Å²) in [4.78, 5) is 17.0. The van der Waals surface area contributed by atoms with Gasteiger partial charge in [-0.05, 0) is 30.4 Å². The van der Waals surface area contributed by atoms with Crippen molar-refractivity contribution >= 4 is 16.6 Å². The van der Waals surface area contributed by atoms with Crippen LogP contribution >= 0.6 is 0 Å². The van der Waals surface area contributed by atoms with Gasteiger partial charge in [0.25, 0.3) is 0 Å². The van der Waals surface area contributed by atoms with E-state index in [1.807, 2.05) is 37.6 Å². The van der Waals surface area contributed by atoms with Gasteiger partial charge in [-0.3, -0.25) is 14.5 Å². The minimum atomic E-state index is 0.233. The molecule has 1 aromatic carbocycles. The van der Waals surface area contributed by atoms with E-state index in [4.69, 9.17) is 0 Å². The van der Waals surface area contributed by atoms with Gasteiger partial charge in [0.1, 0.15) is 11.5 Å². The molecule has 0 saturated heterocycles. The van der Waals surface area contributed by atoms with E-state index in [2.05, 4.69) is 21.4 Å². The highest BCUT2D eigenvalue weighted by Gasteiger charge is 2.21. The van der Waals surface area contributed by atoms with Crippen LogP contribution in [0, 0.1) is 5.92 Å². The van der Waals surface area contributed by atoms with Crippen LogP contribution in [-0.2, 0) is 18.3 Å². The molecule has 1 fully saturated rings. The Morgan fingerprint density at radius 3 is 2.76 bits per heavy atom. The maximum absolute atomic E-state index is 12.5. The van der Waals surface area contributed by atoms with Crippen LogP contribution in [-0.4, -0.2) is 25.8 Å². The lowest BCUT2D eigenvalue weighted by atomic mass is 9.85. The molecule has 0 radical (unpaired) electrons. The predicted molar refractivity (Wildman–Crippen MR) is 97.0 cm³/mol. The molecule has 0 amide bonds. The maximum Gasteiger partial charge on any atom is 0.141 e. The lowest BCUT2D eigenvalue weighted by Crippen LogP contribution is -2.19. The summed E-state index contributed by atoms with van der Waals surface area (Å²) in [6, 6.07) is 8.20. The molecule has 3 aromatic rings. The number of nitrogens with zero attached hydrogens (tertiary/aromatic N) is 4. The maximum atomic E-state index is 12.5. The van der Waals surface area contributed by atoms with Gasteiger partial charge in [0, 0.05) is 42.2 Å². The third kappa shape index (κ3) is 3.45. The van der Waals surface area contributed by atoms with Gasteiger partial charge in [-0.25, -0.2) is 0 Å². The van der Waals surface area contributed by atoms with Gasteiger partial charge in [-0.2, -0.15) is 0 Å². The second kappa shape index (κ2) is 6.75. The van der Waals surface area contributed by atoms with Crippen LogP contribution in [0.2, 0.25) is 0 Å². The van der Waals surface area contributed by atoms with Gasteiger partial charge in [-0.15, -0.1) is 5.10 Å². The molecule has 25 heavy (non-hydrogen) atoms. The van der Waals surface area contributed by atoms with Crippen molar-refractivity contribution in [2.45, 2.75) is 38.5 Å². The van der Waals surface area contributed by atoms with Gasteiger partial charge in [0.05, 0.1) is 6.20 Å². The average molecular weight is 334 g/mol. The first kappa shape index (κ1) is 15.9. The molecule has 1 aliphatic carbocycles. The summed E-state index contributed by atoms with van der Waals surface area (Å²) in [5.41, 5.74) is 2.73. The van der Waals surface area contributed by atoms with Gasteiger partial charge in [0.2, 0.25) is 0 Å². The van der Waals surface area contributed by atoms with E-state index in [0.717, 1.165) is 40.6 Å². The first-order valence-electron chi connectivity index (χ1n) is 8.97. The minimum Gasteiger partial charge on any atom is -0.299 e. The van der Waals surface area contributed by atoms with E-state index in [1.54, 1.807) is 4.68 Å². The molecule has 1 saturated carbocycles. The fourth-order valence-electron chi connectivity index (χ4n) is 3.67. The van der Waals surface area contributed by atoms with Crippen molar-refractivity contribution in [3.63, 3.8) is 0 Å². The van der Waals surface area contributed by atoms with Crippen molar-refractivity contribution in [2.75, 3.05) is 0 Å². The van der Waals surface area contributed by atoms with E-state index in [0.29, 0.717) is 12.2 Å². The third-order valence-electron chi connectivity index (χ3n) is 5.09. The number of Topliss-reactive ketones (excluding diaryl/α,β-unsaturated/α-hetero) is 1. The van der Waals surface area contributed by atoms with Crippen molar-refractivity contribution < 1.29 is 4.79 Å². The Morgan fingerprint density at radius 1 is 1.16 bits per heavy atom. The van der Waals surface area contributed by atoms with Gasteiger partial charge >= 0.3 is 0 Å². The smallest absolute Gasteiger partial charge is 0.141 e. The molecule has 0 bridgehead atoms. The average Bonchev–Trinajstić information content (AvgIpc) is 3.08. The van der Waals surface area contributed by atoms with Gasteiger partial charge in [-0.1, -0.05) is 36.6 Å². The van der Waals surface area contributed by atoms with Crippen LogP contribution in [0.1, 0.15) is 37.8 Å². The molecular weight excluding hydrogens is 312 g/mol. The number of hydrogen-bond donors (Lipinski definition) is 0. The number of carbonyl (C=O) groups excluding carboxylic acids is 1. The highest BCUT2D eigenvalue weighted by molar-refractivity contribution is 5.88. The standard InChI is InChI=1S/C20H22N4O/c1-24-13-19(22-23-24)15-7-8-16-12-21-18(10-17(16)9-15)11-20(25)14-5-3-2-4-6-14/h7-10,12-14H,2-6,11H2,1H3. The molecule has 2 aromatic heterocycles. The van der Waals surface area contributed by atoms with Crippen LogP contribution in [0.4, 0.5) is 0 Å². The van der Waals surface area contributed by atoms with Crippen LogP contribution in [0.15, 0.2) is 36.7 Å². The zero-order chi connectivity index (χ0) is 17.2. The predicted octanol–water partition coefficient (Wildman–Crippen LogP) is 3.72. The summed E-state index contributed by atoms with van der Waals surface area (Å²) in [6.45, 7) is 0. The van der Waals surface area contributed by atoms with Crippen LogP contribution in [0.25, 0.3) is 22.0 Å². The Kier molecular flexibility index (Phi) is 4.30. The first-order valence-corrected chi connectivity index (χ1v) is 8.97. The Labute approximate surface area is 147 Å². The number of aromatic nitrogens is 4. The third-order valence-corrected chi connectivity index (χ3v) is 5.09. The van der Waals surface area contributed by atoms with E-state index < -0.39 is 0 Å². The summed E-state index contributed by atoms with van der Waals surface area (Å²) < 4.78 is 1.69. The zero-order valence-electron chi connectivity index (χ0n) is 14.5. The van der Waals surface area contributed by atoms with E-state index in [-0.39, 0.29) is 5.92 Å². The SMILES string of the molecule is Cn1cc(-c2ccc3cnc(CC(=O)C4CCCCC4)cc3c2)nn1. The molecule has 1 aliphatic rings. The van der Waals surface area contributed by atoms with Crippen LogP contribution in [0.5, 0.6) is 0 Å². The van der Waals surface area contributed by atoms with E-state index in [9.17, 15) is 4.79 Å². The van der Waals surface area contributed by atoms with Crippen molar-refractivity contribution in [1.82, 2.24) is 20.0 Å². The Bertz CT molecular complexity index is 909. The van der Waals surface area contributed by atoms with Crippen molar-refractivity contribution in [3.05, 3.63) is 42.4 Å². The fraction of sp³-hybridized carbons (Fsp3) is 0.400. The number of hydrogen-bond acceptors (Lipinski definition) is 4. The molecule has 2 heterocycles. The quantitative estimate of drug-likeness (QED) is 0.729. The van der Waals surface area contributed by atoms with Gasteiger partial charge in [0.15, 0.2) is 0 Å². The Morgan fingerprint density at radius 2 is 2.00 bits per heavy atom. The largest absolute Gasteiger partial charge is 0.299 e. The molecule has 4 rings (SSSR count). The molecular formula is C20H22N4O. The monoisotopic (exact) mass is 334 g/mol. The molecule has 5 heteroatoms. The minimum absolute atomic E-state index is 0.233. The van der Waals surface area contributed by atoms with Crippen molar-refractivity contribution in [1.29, 1.82) is 0 Å². The molecule has 0 unspecified atom stereocenters. The molecule has 0 aliphatic heterocycles. The van der Waals surface area contributed by atoms with Gasteiger partial charge < -0.3 is 0 Å². The summed E-state index contributed by atoms with van der Waals surface area (Å²) in [5.74, 6) is 0.578. The molecule has 0 spiro atoms. The second-order valence-corrected chi connectivity index (χ2v) is 6.99. The highest BCUT2D eigenvalue weighted by Crippen LogP contribution is 2.26. The van der Waals surface area contributed by atoms with E-state index >= 15 is 0 Å². The molecule has 0 atom stereocenters. The van der Waals surface area contributed by atoms with E-state index in [1.165, 1.54) is 19.3 Å². The fourth-order valence-corrected chi connectivity index (χ4v) is 3.67. The normalized spacial score (nSPS) is 15.6. The lowest BCUT2D eigenvalue weighted by Gasteiger charge is -2.20. The number of aryl methyl sites for hydroxylation is 1. The summed E-state index contributed by atoms with van der Waals surface area (Å²) in [5, 5.41) is 10.3. The second-order valence-electron chi connectivity index (χ2n) is 6.99. The molecule has 128 valence electrons. The van der Waals surface area contributed by atoms with Crippen LogP contribution < -0.4 is 0 Å².